The van der Waals surface area contributed by atoms with Crippen molar-refractivity contribution in [3.8, 4) is 11.1 Å². The summed E-state index contributed by atoms with van der Waals surface area (Å²) >= 11 is 0. The lowest BCUT2D eigenvalue weighted by atomic mass is 10.0. The number of nitrogens with zero attached hydrogens (tertiary/aromatic N) is 1. The molecule has 4 rings (SSSR count). The first kappa shape index (κ1) is 20.0. The largest absolute Gasteiger partial charge is 0.440 e. The molecule has 3 aromatic rings. The van der Waals surface area contributed by atoms with Gasteiger partial charge in [0.05, 0.1) is 18.6 Å². The molecule has 0 saturated carbocycles. The maximum Gasteiger partial charge on any atom is 0.394 e. The summed E-state index contributed by atoms with van der Waals surface area (Å²) in [4.78, 5) is 14.6. The van der Waals surface area contributed by atoms with E-state index in [-0.39, 0.29) is 5.43 Å². The van der Waals surface area contributed by atoms with E-state index < -0.39 is 10.4 Å². The van der Waals surface area contributed by atoms with Crippen molar-refractivity contribution >= 4 is 27.3 Å². The molecule has 2 N–H and O–H groups in total. The van der Waals surface area contributed by atoms with E-state index in [2.05, 4.69) is 4.90 Å². The molecule has 1 fully saturated rings. The standard InChI is InChI=1S/C19H17NO3.H2O4S/c21-17-13-18(20-9-11-22-12-10-20)23-19-15(7-4-8-16(17)19)14-5-2-1-3-6-14;1-5(2,3)4/h1-8,13H,9-12H2;(H2,1,2,3,4). The van der Waals surface area contributed by atoms with Crippen molar-refractivity contribution in [3.05, 3.63) is 64.8 Å². The van der Waals surface area contributed by atoms with Gasteiger partial charge in [-0.3, -0.25) is 13.9 Å². The lowest BCUT2D eigenvalue weighted by Crippen LogP contribution is -2.36. The molecule has 28 heavy (non-hydrogen) atoms. The number of para-hydroxylation sites is 1. The van der Waals surface area contributed by atoms with Crippen LogP contribution in [0.1, 0.15) is 0 Å². The summed E-state index contributed by atoms with van der Waals surface area (Å²) in [5.41, 5.74) is 2.62. The van der Waals surface area contributed by atoms with Crippen LogP contribution < -0.4 is 10.3 Å². The van der Waals surface area contributed by atoms with Crippen molar-refractivity contribution in [3.63, 3.8) is 0 Å². The molecule has 1 aliphatic heterocycles. The highest BCUT2D eigenvalue weighted by Crippen LogP contribution is 2.29. The van der Waals surface area contributed by atoms with Gasteiger partial charge in [0.2, 0.25) is 0 Å². The van der Waals surface area contributed by atoms with E-state index in [0.717, 1.165) is 24.2 Å². The minimum absolute atomic E-state index is 0.00878. The monoisotopic (exact) mass is 405 g/mol. The number of ether oxygens (including phenoxy) is 1. The fourth-order valence-corrected chi connectivity index (χ4v) is 2.95. The molecule has 9 heteroatoms. The Bertz CT molecular complexity index is 1100. The molecule has 1 aliphatic rings. The van der Waals surface area contributed by atoms with Crippen molar-refractivity contribution in [2.75, 3.05) is 31.2 Å². The average molecular weight is 405 g/mol. The Morgan fingerprint density at radius 1 is 0.929 bits per heavy atom. The fraction of sp³-hybridized carbons (Fsp3) is 0.211. The van der Waals surface area contributed by atoms with Gasteiger partial charge in [-0.2, -0.15) is 8.42 Å². The van der Waals surface area contributed by atoms with Crippen molar-refractivity contribution in [2.45, 2.75) is 0 Å². The van der Waals surface area contributed by atoms with Crippen molar-refractivity contribution in [1.29, 1.82) is 0 Å². The molecule has 0 amide bonds. The Balaban J connectivity index is 0.000000403. The first-order valence-corrected chi connectivity index (χ1v) is 9.87. The topological polar surface area (TPSA) is 117 Å². The zero-order valence-electron chi connectivity index (χ0n) is 14.8. The van der Waals surface area contributed by atoms with Crippen LogP contribution >= 0.6 is 0 Å². The van der Waals surface area contributed by atoms with Crippen LogP contribution in [0.5, 0.6) is 0 Å². The Morgan fingerprint density at radius 2 is 1.57 bits per heavy atom. The lowest BCUT2D eigenvalue weighted by Gasteiger charge is -2.27. The molecular formula is C19H19NO7S. The molecule has 148 valence electrons. The number of rotatable bonds is 2. The number of anilines is 1. The maximum absolute atomic E-state index is 12.5. The third-order valence-corrected chi connectivity index (χ3v) is 4.15. The van der Waals surface area contributed by atoms with Crippen LogP contribution in [0.15, 0.2) is 63.8 Å². The maximum atomic E-state index is 12.5. The van der Waals surface area contributed by atoms with Crippen LogP contribution in [0.3, 0.4) is 0 Å². The molecule has 0 spiro atoms. The molecule has 2 heterocycles. The molecule has 0 radical (unpaired) electrons. The number of morpholine rings is 1. The van der Waals surface area contributed by atoms with Crippen LogP contribution in [0.25, 0.3) is 22.1 Å². The minimum atomic E-state index is -4.67. The van der Waals surface area contributed by atoms with E-state index in [1.54, 1.807) is 6.07 Å². The highest BCUT2D eigenvalue weighted by atomic mass is 32.3. The highest BCUT2D eigenvalue weighted by Gasteiger charge is 2.17. The molecule has 0 aliphatic carbocycles. The quantitative estimate of drug-likeness (QED) is 0.625. The first-order chi connectivity index (χ1) is 13.3. The summed E-state index contributed by atoms with van der Waals surface area (Å²) in [7, 11) is -4.67. The van der Waals surface area contributed by atoms with Crippen LogP contribution in [-0.2, 0) is 15.1 Å². The molecule has 0 bridgehead atoms. The smallest absolute Gasteiger partial charge is 0.394 e. The summed E-state index contributed by atoms with van der Waals surface area (Å²) in [6.45, 7) is 2.79. The predicted octanol–water partition coefficient (Wildman–Crippen LogP) is 2.64. The van der Waals surface area contributed by atoms with Gasteiger partial charge in [-0.15, -0.1) is 0 Å². The van der Waals surface area contributed by atoms with E-state index >= 15 is 0 Å². The normalized spacial score (nSPS) is 14.4. The van der Waals surface area contributed by atoms with Crippen LogP contribution in [-0.4, -0.2) is 43.8 Å². The summed E-state index contributed by atoms with van der Waals surface area (Å²) in [6.07, 6.45) is 0. The summed E-state index contributed by atoms with van der Waals surface area (Å²) in [5, 5.41) is 0.614. The van der Waals surface area contributed by atoms with E-state index in [1.165, 1.54) is 0 Å². The highest BCUT2D eigenvalue weighted by molar-refractivity contribution is 7.79. The molecule has 1 saturated heterocycles. The zero-order chi connectivity index (χ0) is 20.1. The molecule has 2 aromatic carbocycles. The second-order valence-corrected chi connectivity index (χ2v) is 6.94. The third kappa shape index (κ3) is 5.17. The van der Waals surface area contributed by atoms with Gasteiger partial charge < -0.3 is 14.1 Å². The second kappa shape index (κ2) is 8.53. The average Bonchev–Trinajstić information content (AvgIpc) is 2.68. The summed E-state index contributed by atoms with van der Waals surface area (Å²) in [5.74, 6) is 0.620. The second-order valence-electron chi connectivity index (χ2n) is 6.04. The van der Waals surface area contributed by atoms with E-state index in [9.17, 15) is 4.79 Å². The van der Waals surface area contributed by atoms with Crippen molar-refractivity contribution in [1.82, 2.24) is 0 Å². The van der Waals surface area contributed by atoms with Gasteiger partial charge in [-0.1, -0.05) is 42.5 Å². The van der Waals surface area contributed by atoms with Gasteiger partial charge in [-0.05, 0) is 11.6 Å². The van der Waals surface area contributed by atoms with Gasteiger partial charge in [0, 0.05) is 24.7 Å². The van der Waals surface area contributed by atoms with E-state index in [1.807, 2.05) is 48.5 Å². The molecule has 1 aromatic heterocycles. The van der Waals surface area contributed by atoms with Crippen LogP contribution in [0.4, 0.5) is 5.88 Å². The predicted molar refractivity (Wildman–Crippen MR) is 105 cm³/mol. The van der Waals surface area contributed by atoms with Crippen LogP contribution in [0, 0.1) is 0 Å². The summed E-state index contributed by atoms with van der Waals surface area (Å²) < 4.78 is 43.1. The number of fused-ring (bicyclic) bond motifs is 1. The molecular weight excluding hydrogens is 386 g/mol. The zero-order valence-corrected chi connectivity index (χ0v) is 15.6. The van der Waals surface area contributed by atoms with Gasteiger partial charge in [-0.25, -0.2) is 0 Å². The number of hydrogen-bond donors (Lipinski definition) is 2. The van der Waals surface area contributed by atoms with Crippen molar-refractivity contribution in [2.24, 2.45) is 0 Å². The SMILES string of the molecule is O=S(=O)(O)O.O=c1cc(N2CCOCC2)oc2c(-c3ccccc3)cccc12. The Labute approximate surface area is 161 Å². The van der Waals surface area contributed by atoms with Crippen LogP contribution in [0.2, 0.25) is 0 Å². The first-order valence-electron chi connectivity index (χ1n) is 8.48. The fourth-order valence-electron chi connectivity index (χ4n) is 2.95. The Hall–Kier alpha value is -2.72. The van der Waals surface area contributed by atoms with Gasteiger partial charge in [0.1, 0.15) is 5.58 Å². The Morgan fingerprint density at radius 3 is 2.21 bits per heavy atom. The van der Waals surface area contributed by atoms with E-state index in [4.69, 9.17) is 26.7 Å². The molecule has 0 unspecified atom stereocenters. The van der Waals surface area contributed by atoms with Gasteiger partial charge >= 0.3 is 10.4 Å². The summed E-state index contributed by atoms with van der Waals surface area (Å²) in [6, 6.07) is 17.3. The minimum Gasteiger partial charge on any atom is -0.440 e. The van der Waals surface area contributed by atoms with E-state index in [0.29, 0.717) is 30.1 Å². The molecule has 0 atom stereocenters. The third-order valence-electron chi connectivity index (χ3n) is 4.15. The van der Waals surface area contributed by atoms with Gasteiger partial charge in [0.15, 0.2) is 11.3 Å². The number of benzene rings is 2. The van der Waals surface area contributed by atoms with Crippen molar-refractivity contribution < 1.29 is 26.7 Å². The molecule has 8 nitrogen and oxygen atoms in total. The van der Waals surface area contributed by atoms with Gasteiger partial charge in [0.25, 0.3) is 0 Å². The number of hydrogen-bond acceptors (Lipinski definition) is 6. The lowest BCUT2D eigenvalue weighted by molar-refractivity contribution is 0.121. The Kier molecular flexibility index (Phi) is 6.10.